The fraction of sp³-hybridized carbons (Fsp3) is 0.514. The SMILES string of the molecule is C[C@]12CC[C@H]3[C@@H](CC=C4C[C@@H](O)CC[C@@]43C)[C@@H]1CC[C@@H]2C1(C=O)CC(c2cccc3cc4ccccc4cc23)=NO1. The average molecular weight is 548 g/mol. The number of nitrogens with zero attached hydrogens (tertiary/aromatic N) is 1. The van der Waals surface area contributed by atoms with Gasteiger partial charge in [-0.15, -0.1) is 0 Å². The van der Waals surface area contributed by atoms with Crippen LogP contribution in [0.1, 0.15) is 77.2 Å². The minimum atomic E-state index is -0.890. The van der Waals surface area contributed by atoms with Crippen LogP contribution >= 0.6 is 0 Å². The number of aliphatic hydroxyl groups excluding tert-OH is 1. The Balaban J connectivity index is 1.10. The third-order valence-corrected chi connectivity index (χ3v) is 12.7. The fourth-order valence-electron chi connectivity index (χ4n) is 10.6. The number of fused-ring (bicyclic) bond motifs is 7. The van der Waals surface area contributed by atoms with E-state index in [2.05, 4.69) is 79.7 Å². The molecule has 4 aliphatic carbocycles. The first-order valence-corrected chi connectivity index (χ1v) is 15.9. The van der Waals surface area contributed by atoms with Crippen LogP contribution in [0.15, 0.2) is 71.4 Å². The molecule has 4 heteroatoms. The van der Waals surface area contributed by atoms with Crippen LogP contribution in [0.5, 0.6) is 0 Å². The number of hydrogen-bond acceptors (Lipinski definition) is 4. The standard InChI is InChI=1S/C37H41NO3/c1-35-16-14-27(40)20-26(35)10-11-29-31-12-13-34(36(31,2)17-15-32(29)35)37(22-39)21-33(38-41-37)28-9-5-8-25-18-23-6-3-4-7-24(23)19-30(25)28/h3-10,18-19,22,27,29,31-32,34,40H,11-17,20-21H2,1-2H3/t27-,29-,31-,32-,34-,35-,36-,37?/m0/s1. The van der Waals surface area contributed by atoms with Crippen LogP contribution in [-0.2, 0) is 9.63 Å². The van der Waals surface area contributed by atoms with E-state index in [9.17, 15) is 9.90 Å². The molecule has 1 aliphatic heterocycles. The maximum absolute atomic E-state index is 13.1. The quantitative estimate of drug-likeness (QED) is 0.205. The van der Waals surface area contributed by atoms with Crippen LogP contribution in [0.2, 0.25) is 0 Å². The number of hydrogen-bond donors (Lipinski definition) is 1. The predicted molar refractivity (Wildman–Crippen MR) is 164 cm³/mol. The van der Waals surface area contributed by atoms with Crippen LogP contribution in [0.3, 0.4) is 0 Å². The summed E-state index contributed by atoms with van der Waals surface area (Å²) in [6.45, 7) is 4.95. The number of oxime groups is 1. The fourth-order valence-corrected chi connectivity index (χ4v) is 10.6. The lowest BCUT2D eigenvalue weighted by molar-refractivity contribution is -0.150. The lowest BCUT2D eigenvalue weighted by Gasteiger charge is -2.58. The first-order chi connectivity index (χ1) is 19.8. The van der Waals surface area contributed by atoms with Gasteiger partial charge in [0.25, 0.3) is 0 Å². The molecule has 0 aromatic heterocycles. The van der Waals surface area contributed by atoms with E-state index < -0.39 is 5.60 Å². The van der Waals surface area contributed by atoms with Crippen LogP contribution < -0.4 is 0 Å². The molecule has 0 amide bonds. The van der Waals surface area contributed by atoms with Gasteiger partial charge in [0.2, 0.25) is 5.60 Å². The van der Waals surface area contributed by atoms with E-state index in [0.717, 1.165) is 56.1 Å². The highest BCUT2D eigenvalue weighted by atomic mass is 16.7. The van der Waals surface area contributed by atoms with E-state index in [1.165, 1.54) is 40.0 Å². The van der Waals surface area contributed by atoms with Gasteiger partial charge in [-0.05, 0) is 114 Å². The topological polar surface area (TPSA) is 58.9 Å². The summed E-state index contributed by atoms with van der Waals surface area (Å²) in [4.78, 5) is 19.4. The molecule has 4 nitrogen and oxygen atoms in total. The van der Waals surface area contributed by atoms with Gasteiger partial charge in [0, 0.05) is 17.9 Å². The predicted octanol–water partition coefficient (Wildman–Crippen LogP) is 8.00. The van der Waals surface area contributed by atoms with Crippen molar-refractivity contribution in [2.45, 2.75) is 83.3 Å². The van der Waals surface area contributed by atoms with E-state index in [0.29, 0.717) is 24.2 Å². The van der Waals surface area contributed by atoms with E-state index in [4.69, 9.17) is 4.84 Å². The highest BCUT2D eigenvalue weighted by Crippen LogP contribution is 2.68. The summed E-state index contributed by atoms with van der Waals surface area (Å²) in [7, 11) is 0. The molecular formula is C37H41NO3. The zero-order valence-corrected chi connectivity index (χ0v) is 24.3. The van der Waals surface area contributed by atoms with Crippen LogP contribution in [0, 0.1) is 34.5 Å². The lowest BCUT2D eigenvalue weighted by Crippen LogP contribution is -2.54. The van der Waals surface area contributed by atoms with Gasteiger partial charge in [0.05, 0.1) is 11.8 Å². The molecule has 3 fully saturated rings. The molecule has 5 aliphatic rings. The molecule has 1 heterocycles. The monoisotopic (exact) mass is 547 g/mol. The van der Waals surface area contributed by atoms with E-state index in [1.54, 1.807) is 0 Å². The first kappa shape index (κ1) is 25.7. The van der Waals surface area contributed by atoms with E-state index in [-0.39, 0.29) is 22.9 Å². The van der Waals surface area contributed by atoms with E-state index in [1.807, 2.05) is 0 Å². The lowest BCUT2D eigenvalue weighted by atomic mass is 9.46. The molecule has 0 bridgehead atoms. The van der Waals surface area contributed by atoms with Crippen molar-refractivity contribution in [2.75, 3.05) is 0 Å². The molecule has 3 saturated carbocycles. The maximum atomic E-state index is 13.1. The molecule has 1 unspecified atom stereocenters. The Morgan fingerprint density at radius 2 is 1.73 bits per heavy atom. The summed E-state index contributed by atoms with van der Waals surface area (Å²) in [5, 5.41) is 19.8. The molecule has 0 spiro atoms. The number of carbonyl (C=O) groups excluding carboxylic acids is 1. The Kier molecular flexibility index (Phi) is 5.65. The summed E-state index contributed by atoms with van der Waals surface area (Å²) in [5.74, 6) is 2.10. The molecule has 0 saturated heterocycles. The summed E-state index contributed by atoms with van der Waals surface area (Å²) in [6, 6.07) is 19.4. The number of benzene rings is 3. The molecule has 0 radical (unpaired) electrons. The van der Waals surface area contributed by atoms with Crippen LogP contribution in [0.4, 0.5) is 0 Å². The Bertz CT molecular complexity index is 1620. The second kappa shape index (κ2) is 9.01. The van der Waals surface area contributed by atoms with Crippen molar-refractivity contribution < 1.29 is 14.7 Å². The van der Waals surface area contributed by atoms with Crippen molar-refractivity contribution in [3.05, 3.63) is 71.8 Å². The summed E-state index contributed by atoms with van der Waals surface area (Å²) in [6.07, 6.45) is 12.5. The van der Waals surface area contributed by atoms with Crippen molar-refractivity contribution >= 4 is 33.5 Å². The second-order valence-corrected chi connectivity index (χ2v) is 14.4. The third-order valence-electron chi connectivity index (χ3n) is 12.7. The Hall–Kier alpha value is -2.98. The second-order valence-electron chi connectivity index (χ2n) is 14.4. The maximum Gasteiger partial charge on any atom is 0.201 e. The van der Waals surface area contributed by atoms with Gasteiger partial charge in [0.1, 0.15) is 0 Å². The van der Waals surface area contributed by atoms with Gasteiger partial charge in [-0.25, -0.2) is 0 Å². The highest BCUT2D eigenvalue weighted by Gasteiger charge is 2.64. The van der Waals surface area contributed by atoms with Gasteiger partial charge in [-0.2, -0.15) is 0 Å². The average Bonchev–Trinajstić information content (AvgIpc) is 3.58. The molecule has 3 aromatic carbocycles. The van der Waals surface area contributed by atoms with Crippen molar-refractivity contribution in [3.63, 3.8) is 0 Å². The molecule has 212 valence electrons. The van der Waals surface area contributed by atoms with Crippen molar-refractivity contribution in [1.82, 2.24) is 0 Å². The molecule has 41 heavy (non-hydrogen) atoms. The molecular weight excluding hydrogens is 506 g/mol. The summed E-state index contributed by atoms with van der Waals surface area (Å²) >= 11 is 0. The van der Waals surface area contributed by atoms with Gasteiger partial charge in [0.15, 0.2) is 6.29 Å². The van der Waals surface area contributed by atoms with Crippen molar-refractivity contribution in [3.8, 4) is 0 Å². The Morgan fingerprint density at radius 3 is 2.56 bits per heavy atom. The number of aliphatic hydroxyl groups is 1. The zero-order chi connectivity index (χ0) is 28.0. The highest BCUT2D eigenvalue weighted by molar-refractivity contribution is 6.14. The van der Waals surface area contributed by atoms with Crippen LogP contribution in [0.25, 0.3) is 21.5 Å². The molecule has 3 aromatic rings. The Morgan fingerprint density at radius 1 is 0.927 bits per heavy atom. The summed E-state index contributed by atoms with van der Waals surface area (Å²) < 4.78 is 0. The van der Waals surface area contributed by atoms with Gasteiger partial charge >= 0.3 is 0 Å². The number of rotatable bonds is 3. The van der Waals surface area contributed by atoms with Crippen LogP contribution in [-0.4, -0.2) is 28.8 Å². The number of allylic oxidation sites excluding steroid dienone is 1. The molecule has 8 atom stereocenters. The number of carbonyl (C=O) groups is 1. The van der Waals surface area contributed by atoms with Crippen molar-refractivity contribution in [1.29, 1.82) is 0 Å². The minimum Gasteiger partial charge on any atom is -0.393 e. The largest absolute Gasteiger partial charge is 0.393 e. The van der Waals surface area contributed by atoms with Gasteiger partial charge < -0.3 is 9.94 Å². The first-order valence-electron chi connectivity index (χ1n) is 15.9. The molecule has 8 rings (SSSR count). The minimum absolute atomic E-state index is 0.0673. The summed E-state index contributed by atoms with van der Waals surface area (Å²) in [5.41, 5.74) is 2.90. The smallest absolute Gasteiger partial charge is 0.201 e. The number of aldehydes is 1. The molecule has 1 N–H and O–H groups in total. The van der Waals surface area contributed by atoms with Crippen molar-refractivity contribution in [2.24, 2.45) is 39.7 Å². The van der Waals surface area contributed by atoms with Gasteiger partial charge in [-0.1, -0.05) is 73.1 Å². The normalized spacial score (nSPS) is 39.8. The Labute approximate surface area is 242 Å². The third kappa shape index (κ3) is 3.62. The van der Waals surface area contributed by atoms with E-state index >= 15 is 0 Å². The zero-order valence-electron chi connectivity index (χ0n) is 24.3. The van der Waals surface area contributed by atoms with Gasteiger partial charge in [-0.3, -0.25) is 4.79 Å².